The molecule has 0 saturated heterocycles. The topological polar surface area (TPSA) is 145 Å². The summed E-state index contributed by atoms with van der Waals surface area (Å²) < 4.78 is 4.97. The summed E-state index contributed by atoms with van der Waals surface area (Å²) in [6.45, 7) is 0. The SMILES string of the molecule is COc1ccnc(NC(=O)CSc2nc(N)nc3nc[nH]c23)n1. The van der Waals surface area contributed by atoms with Crippen LogP contribution in [0.3, 0.4) is 0 Å². The highest BCUT2D eigenvalue weighted by Crippen LogP contribution is 2.23. The predicted molar refractivity (Wildman–Crippen MR) is 84.0 cm³/mol. The third-order valence-corrected chi connectivity index (χ3v) is 3.68. The van der Waals surface area contributed by atoms with Gasteiger partial charge >= 0.3 is 0 Å². The van der Waals surface area contributed by atoms with Crippen molar-refractivity contribution < 1.29 is 9.53 Å². The molecule has 0 atom stereocenters. The van der Waals surface area contributed by atoms with Gasteiger partial charge < -0.3 is 15.5 Å². The zero-order valence-corrected chi connectivity index (χ0v) is 12.8. The number of rotatable bonds is 5. The second kappa shape index (κ2) is 6.44. The minimum Gasteiger partial charge on any atom is -0.481 e. The Balaban J connectivity index is 1.67. The molecule has 0 aliphatic heterocycles. The van der Waals surface area contributed by atoms with Crippen LogP contribution in [0.2, 0.25) is 0 Å². The Bertz CT molecular complexity index is 852. The smallest absolute Gasteiger partial charge is 0.237 e. The van der Waals surface area contributed by atoms with E-state index in [1.807, 2.05) is 0 Å². The number of nitrogen functional groups attached to an aromatic ring is 1. The van der Waals surface area contributed by atoms with Crippen molar-refractivity contribution in [2.24, 2.45) is 0 Å². The molecule has 0 fully saturated rings. The highest BCUT2D eigenvalue weighted by Gasteiger charge is 2.12. The molecule has 0 aliphatic carbocycles. The number of hydrogen-bond acceptors (Lipinski definition) is 9. The molecule has 3 aromatic rings. The number of imidazole rings is 1. The number of thioether (sulfide) groups is 1. The molecule has 0 saturated carbocycles. The number of hydrogen-bond donors (Lipinski definition) is 3. The highest BCUT2D eigenvalue weighted by atomic mass is 32.2. The zero-order chi connectivity index (χ0) is 16.2. The van der Waals surface area contributed by atoms with Gasteiger partial charge in [-0.15, -0.1) is 0 Å². The van der Waals surface area contributed by atoms with E-state index >= 15 is 0 Å². The van der Waals surface area contributed by atoms with E-state index in [9.17, 15) is 4.79 Å². The van der Waals surface area contributed by atoms with Gasteiger partial charge in [0, 0.05) is 12.3 Å². The maximum atomic E-state index is 12.0. The molecule has 0 aromatic carbocycles. The third-order valence-electron chi connectivity index (χ3n) is 2.70. The van der Waals surface area contributed by atoms with Crippen LogP contribution >= 0.6 is 11.8 Å². The second-order valence-electron chi connectivity index (χ2n) is 4.25. The third kappa shape index (κ3) is 3.45. The van der Waals surface area contributed by atoms with Crippen molar-refractivity contribution in [1.82, 2.24) is 29.9 Å². The standard InChI is InChI=1S/C12H12N8O2S/c1-22-7-2-3-14-12(18-7)17-6(21)4-23-10-8-9(16-5-15-8)19-11(13)20-10/h2-3,5H,4H2,1H3,(H,14,17,18,21)(H3,13,15,16,19,20). The van der Waals surface area contributed by atoms with Crippen LogP contribution in [0.4, 0.5) is 11.9 Å². The lowest BCUT2D eigenvalue weighted by Crippen LogP contribution is -2.16. The van der Waals surface area contributed by atoms with Crippen LogP contribution < -0.4 is 15.8 Å². The van der Waals surface area contributed by atoms with E-state index in [-0.39, 0.29) is 23.6 Å². The van der Waals surface area contributed by atoms with Gasteiger partial charge in [-0.2, -0.15) is 9.97 Å². The minimum absolute atomic E-state index is 0.101. The van der Waals surface area contributed by atoms with Crippen LogP contribution in [0, 0.1) is 0 Å². The Hall–Kier alpha value is -2.95. The number of ether oxygens (including phenoxy) is 1. The van der Waals surface area contributed by atoms with Crippen LogP contribution in [0.25, 0.3) is 11.2 Å². The van der Waals surface area contributed by atoms with Gasteiger partial charge in [-0.1, -0.05) is 11.8 Å². The van der Waals surface area contributed by atoms with Crippen LogP contribution in [0.5, 0.6) is 5.88 Å². The molecule has 4 N–H and O–H groups in total. The van der Waals surface area contributed by atoms with E-state index in [2.05, 4.69) is 35.2 Å². The van der Waals surface area contributed by atoms with E-state index < -0.39 is 0 Å². The lowest BCUT2D eigenvalue weighted by Gasteiger charge is -2.05. The number of nitrogens with zero attached hydrogens (tertiary/aromatic N) is 5. The molecule has 118 valence electrons. The summed E-state index contributed by atoms with van der Waals surface area (Å²) in [5, 5.41) is 3.13. The number of methoxy groups -OCH3 is 1. The second-order valence-corrected chi connectivity index (χ2v) is 5.21. The number of carbonyl (C=O) groups is 1. The lowest BCUT2D eigenvalue weighted by molar-refractivity contribution is -0.113. The first-order valence-corrected chi connectivity index (χ1v) is 7.40. The fraction of sp³-hybridized carbons (Fsp3) is 0.167. The molecule has 11 heteroatoms. The summed E-state index contributed by atoms with van der Waals surface area (Å²) in [6, 6.07) is 1.59. The first kappa shape index (κ1) is 15.0. The molecule has 1 amide bonds. The number of anilines is 2. The van der Waals surface area contributed by atoms with Gasteiger partial charge in [0.25, 0.3) is 0 Å². The van der Waals surface area contributed by atoms with E-state index in [1.54, 1.807) is 6.07 Å². The molecule has 10 nitrogen and oxygen atoms in total. The maximum absolute atomic E-state index is 12.0. The van der Waals surface area contributed by atoms with Gasteiger partial charge in [0.05, 0.1) is 19.2 Å². The first-order chi connectivity index (χ1) is 11.2. The van der Waals surface area contributed by atoms with Gasteiger partial charge in [0.15, 0.2) is 5.65 Å². The van der Waals surface area contributed by atoms with Gasteiger partial charge in [0.1, 0.15) is 10.5 Å². The molecule has 3 heterocycles. The van der Waals surface area contributed by atoms with Gasteiger partial charge in [-0.25, -0.2) is 15.0 Å². The van der Waals surface area contributed by atoms with Gasteiger partial charge in [-0.05, 0) is 0 Å². The molecule has 0 unspecified atom stereocenters. The number of carbonyl (C=O) groups excluding carboxylic acids is 1. The van der Waals surface area contributed by atoms with E-state index in [4.69, 9.17) is 10.5 Å². The fourth-order valence-corrected chi connectivity index (χ4v) is 2.53. The normalized spacial score (nSPS) is 10.7. The van der Waals surface area contributed by atoms with Crippen LogP contribution in [-0.2, 0) is 4.79 Å². The fourth-order valence-electron chi connectivity index (χ4n) is 1.74. The summed E-state index contributed by atoms with van der Waals surface area (Å²) in [4.78, 5) is 35.0. The van der Waals surface area contributed by atoms with Crippen LogP contribution in [0.15, 0.2) is 23.6 Å². The summed E-state index contributed by atoms with van der Waals surface area (Å²) in [6.07, 6.45) is 2.99. The van der Waals surface area contributed by atoms with Crippen molar-refractivity contribution in [3.63, 3.8) is 0 Å². The Morgan fingerprint density at radius 3 is 3.09 bits per heavy atom. The monoisotopic (exact) mass is 332 g/mol. The number of aromatic nitrogens is 6. The van der Waals surface area contributed by atoms with Crippen molar-refractivity contribution in [2.75, 3.05) is 23.9 Å². The van der Waals surface area contributed by atoms with Crippen molar-refractivity contribution in [3.8, 4) is 5.88 Å². The number of nitrogens with two attached hydrogens (primary N) is 1. The molecular formula is C12H12N8O2S. The number of nitrogens with one attached hydrogen (secondary N) is 2. The Morgan fingerprint density at radius 1 is 1.39 bits per heavy atom. The van der Waals surface area contributed by atoms with Crippen LogP contribution in [0.1, 0.15) is 0 Å². The average Bonchev–Trinajstić information content (AvgIpc) is 3.01. The molecule has 23 heavy (non-hydrogen) atoms. The summed E-state index contributed by atoms with van der Waals surface area (Å²) in [5.74, 6) is 0.455. The van der Waals surface area contributed by atoms with Gasteiger partial charge in [0.2, 0.25) is 23.7 Å². The van der Waals surface area contributed by atoms with Crippen molar-refractivity contribution in [1.29, 1.82) is 0 Å². The number of H-pyrrole nitrogens is 1. The Morgan fingerprint density at radius 2 is 2.26 bits per heavy atom. The lowest BCUT2D eigenvalue weighted by atomic mass is 10.5. The molecular weight excluding hydrogens is 320 g/mol. The maximum Gasteiger partial charge on any atom is 0.237 e. The molecule has 0 bridgehead atoms. The predicted octanol–water partition coefficient (Wildman–Crippen LogP) is 0.464. The molecule has 0 radical (unpaired) electrons. The van der Waals surface area contributed by atoms with Crippen LogP contribution in [-0.4, -0.2) is 48.7 Å². The highest BCUT2D eigenvalue weighted by molar-refractivity contribution is 8.00. The van der Waals surface area contributed by atoms with Crippen molar-refractivity contribution in [2.45, 2.75) is 5.03 Å². The minimum atomic E-state index is -0.284. The van der Waals surface area contributed by atoms with E-state index in [0.29, 0.717) is 22.1 Å². The molecule has 0 spiro atoms. The Kier molecular flexibility index (Phi) is 4.19. The zero-order valence-electron chi connectivity index (χ0n) is 12.0. The molecule has 3 aromatic heterocycles. The summed E-state index contributed by atoms with van der Waals surface area (Å²) in [5.41, 5.74) is 6.71. The number of aromatic amines is 1. The number of amides is 1. The van der Waals surface area contributed by atoms with Crippen molar-refractivity contribution in [3.05, 3.63) is 18.6 Å². The average molecular weight is 332 g/mol. The number of fused-ring (bicyclic) bond motifs is 1. The molecule has 0 aliphatic rings. The van der Waals surface area contributed by atoms with E-state index in [0.717, 1.165) is 0 Å². The first-order valence-electron chi connectivity index (χ1n) is 6.42. The van der Waals surface area contributed by atoms with Gasteiger partial charge in [-0.3, -0.25) is 10.1 Å². The van der Waals surface area contributed by atoms with E-state index in [1.165, 1.54) is 31.4 Å². The Labute approximate surface area is 134 Å². The molecule has 3 rings (SSSR count). The largest absolute Gasteiger partial charge is 0.481 e. The summed E-state index contributed by atoms with van der Waals surface area (Å²) in [7, 11) is 1.49. The quantitative estimate of drug-likeness (QED) is 0.448. The van der Waals surface area contributed by atoms with Crippen molar-refractivity contribution >= 4 is 40.7 Å². The summed E-state index contributed by atoms with van der Waals surface area (Å²) >= 11 is 1.20.